The Morgan fingerprint density at radius 3 is 2.38 bits per heavy atom. The average molecular weight is 178 g/mol. The van der Waals surface area contributed by atoms with Crippen LogP contribution in [-0.2, 0) is 5.60 Å². The third-order valence-corrected chi connectivity index (χ3v) is 1.94. The van der Waals surface area contributed by atoms with Crippen molar-refractivity contribution in [2.45, 2.75) is 18.4 Å². The maximum absolute atomic E-state index is 10.1. The predicted octanol–water partition coefficient (Wildman–Crippen LogP) is 2.62. The average Bonchev–Trinajstić information content (AvgIpc) is 2.57. The van der Waals surface area contributed by atoms with Crippen molar-refractivity contribution in [2.75, 3.05) is 0 Å². The molecule has 0 unspecified atom stereocenters. The fourth-order valence-electron chi connectivity index (χ4n) is 1.31. The van der Waals surface area contributed by atoms with E-state index < -0.39 is 5.60 Å². The van der Waals surface area contributed by atoms with E-state index in [-0.39, 0.29) is 0 Å². The molecule has 0 saturated heterocycles. The summed E-state index contributed by atoms with van der Waals surface area (Å²) >= 11 is 0. The van der Waals surface area contributed by atoms with Crippen molar-refractivity contribution in [1.29, 1.82) is 0 Å². The summed E-state index contributed by atoms with van der Waals surface area (Å²) in [6, 6.07) is 3.51. The summed E-state index contributed by atoms with van der Waals surface area (Å²) in [4.78, 5) is 0. The molecule has 0 saturated carbocycles. The highest BCUT2D eigenvalue weighted by molar-refractivity contribution is 5.12. The summed E-state index contributed by atoms with van der Waals surface area (Å²) in [7, 11) is 0. The van der Waals surface area contributed by atoms with Crippen LogP contribution in [0.25, 0.3) is 0 Å². The van der Waals surface area contributed by atoms with Gasteiger partial charge in [0.1, 0.15) is 11.4 Å². The van der Waals surface area contributed by atoms with E-state index in [2.05, 4.69) is 13.2 Å². The maximum atomic E-state index is 10.1. The molecule has 13 heavy (non-hydrogen) atoms. The molecule has 1 N–H and O–H groups in total. The zero-order chi connectivity index (χ0) is 9.73. The van der Waals surface area contributed by atoms with E-state index in [1.54, 1.807) is 30.5 Å². The van der Waals surface area contributed by atoms with Crippen LogP contribution in [0.15, 0.2) is 48.1 Å². The quantitative estimate of drug-likeness (QED) is 0.703. The molecule has 0 fully saturated rings. The Hall–Kier alpha value is -1.28. The molecule has 70 valence electrons. The molecule has 2 nitrogen and oxygen atoms in total. The van der Waals surface area contributed by atoms with E-state index >= 15 is 0 Å². The number of rotatable bonds is 5. The first-order chi connectivity index (χ1) is 6.23. The highest BCUT2D eigenvalue weighted by atomic mass is 16.4. The van der Waals surface area contributed by atoms with E-state index in [0.717, 1.165) is 0 Å². The fraction of sp³-hybridized carbons (Fsp3) is 0.273. The molecule has 0 bridgehead atoms. The standard InChI is InChI=1S/C11H14O2/c1-3-7-11(12,8-4-2)10-6-5-9-13-10/h3-6,9,12H,1-2,7-8H2. The second-order valence-electron chi connectivity index (χ2n) is 2.99. The lowest BCUT2D eigenvalue weighted by Gasteiger charge is -2.22. The van der Waals surface area contributed by atoms with Crippen molar-refractivity contribution in [3.63, 3.8) is 0 Å². The molecule has 1 aromatic rings. The predicted molar refractivity (Wildman–Crippen MR) is 52.2 cm³/mol. The van der Waals surface area contributed by atoms with Crippen LogP contribution in [0.1, 0.15) is 18.6 Å². The van der Waals surface area contributed by atoms with E-state index in [0.29, 0.717) is 18.6 Å². The van der Waals surface area contributed by atoms with Crippen molar-refractivity contribution in [2.24, 2.45) is 0 Å². The summed E-state index contributed by atoms with van der Waals surface area (Å²) in [5.41, 5.74) is -0.979. The van der Waals surface area contributed by atoms with Gasteiger partial charge in [0.2, 0.25) is 0 Å². The molecule has 0 radical (unpaired) electrons. The van der Waals surface area contributed by atoms with Gasteiger partial charge in [-0.1, -0.05) is 12.2 Å². The van der Waals surface area contributed by atoms with Crippen molar-refractivity contribution in [3.8, 4) is 0 Å². The van der Waals surface area contributed by atoms with Crippen LogP contribution >= 0.6 is 0 Å². The lowest BCUT2D eigenvalue weighted by Crippen LogP contribution is -2.23. The van der Waals surface area contributed by atoms with Gasteiger partial charge in [-0.15, -0.1) is 13.2 Å². The largest absolute Gasteiger partial charge is 0.466 e. The van der Waals surface area contributed by atoms with Crippen molar-refractivity contribution < 1.29 is 9.52 Å². The summed E-state index contributed by atoms with van der Waals surface area (Å²) in [6.45, 7) is 7.20. The Morgan fingerprint density at radius 1 is 1.38 bits per heavy atom. The number of hydrogen-bond acceptors (Lipinski definition) is 2. The van der Waals surface area contributed by atoms with Crippen molar-refractivity contribution in [1.82, 2.24) is 0 Å². The van der Waals surface area contributed by atoms with Crippen molar-refractivity contribution in [3.05, 3.63) is 49.5 Å². The van der Waals surface area contributed by atoms with Crippen LogP contribution in [0, 0.1) is 0 Å². The van der Waals surface area contributed by atoms with E-state index in [1.165, 1.54) is 0 Å². The lowest BCUT2D eigenvalue weighted by molar-refractivity contribution is 0.0206. The van der Waals surface area contributed by atoms with Crippen LogP contribution in [0.4, 0.5) is 0 Å². The molecule has 1 aromatic heterocycles. The molecular weight excluding hydrogens is 164 g/mol. The SMILES string of the molecule is C=CCC(O)(CC=C)c1ccco1. The van der Waals surface area contributed by atoms with Gasteiger partial charge in [-0.25, -0.2) is 0 Å². The molecule has 0 aliphatic heterocycles. The first kappa shape index (κ1) is 9.81. The zero-order valence-electron chi connectivity index (χ0n) is 7.57. The van der Waals surface area contributed by atoms with Gasteiger partial charge in [0.15, 0.2) is 0 Å². The number of hydrogen-bond donors (Lipinski definition) is 1. The Kier molecular flexibility index (Phi) is 3.09. The minimum Gasteiger partial charge on any atom is -0.466 e. The summed E-state index contributed by atoms with van der Waals surface area (Å²) in [6.07, 6.45) is 5.82. The van der Waals surface area contributed by atoms with Crippen LogP contribution < -0.4 is 0 Å². The molecule has 0 amide bonds. The monoisotopic (exact) mass is 178 g/mol. The normalized spacial score (nSPS) is 11.2. The van der Waals surface area contributed by atoms with E-state index in [1.807, 2.05) is 0 Å². The third-order valence-electron chi connectivity index (χ3n) is 1.94. The first-order valence-corrected chi connectivity index (χ1v) is 4.21. The fourth-order valence-corrected chi connectivity index (χ4v) is 1.31. The molecule has 0 aliphatic rings. The van der Waals surface area contributed by atoms with E-state index in [4.69, 9.17) is 4.42 Å². The van der Waals surface area contributed by atoms with Crippen LogP contribution in [0.3, 0.4) is 0 Å². The number of furan rings is 1. The summed E-state index contributed by atoms with van der Waals surface area (Å²) in [5.74, 6) is 0.562. The lowest BCUT2D eigenvalue weighted by atomic mass is 9.93. The molecule has 0 spiro atoms. The van der Waals surface area contributed by atoms with Gasteiger partial charge >= 0.3 is 0 Å². The second-order valence-corrected chi connectivity index (χ2v) is 2.99. The van der Waals surface area contributed by atoms with Crippen molar-refractivity contribution >= 4 is 0 Å². The van der Waals surface area contributed by atoms with Gasteiger partial charge in [0, 0.05) is 12.8 Å². The second kappa shape index (κ2) is 4.10. The molecular formula is C11H14O2. The van der Waals surface area contributed by atoms with Gasteiger partial charge in [0.05, 0.1) is 6.26 Å². The maximum Gasteiger partial charge on any atom is 0.135 e. The Labute approximate surface area is 78.2 Å². The first-order valence-electron chi connectivity index (χ1n) is 4.21. The van der Waals surface area contributed by atoms with Crippen LogP contribution in [-0.4, -0.2) is 5.11 Å². The van der Waals surface area contributed by atoms with Crippen LogP contribution in [0.2, 0.25) is 0 Å². The van der Waals surface area contributed by atoms with Gasteiger partial charge in [0.25, 0.3) is 0 Å². The molecule has 0 aliphatic carbocycles. The van der Waals surface area contributed by atoms with Gasteiger partial charge in [-0.3, -0.25) is 0 Å². The van der Waals surface area contributed by atoms with Crippen LogP contribution in [0.5, 0.6) is 0 Å². The minimum atomic E-state index is -0.979. The zero-order valence-corrected chi connectivity index (χ0v) is 7.57. The molecule has 0 atom stereocenters. The number of aliphatic hydroxyl groups is 1. The highest BCUT2D eigenvalue weighted by Gasteiger charge is 2.28. The topological polar surface area (TPSA) is 33.4 Å². The minimum absolute atomic E-state index is 0.465. The molecule has 1 rings (SSSR count). The summed E-state index contributed by atoms with van der Waals surface area (Å²) in [5, 5.41) is 10.1. The summed E-state index contributed by atoms with van der Waals surface area (Å²) < 4.78 is 5.16. The highest BCUT2D eigenvalue weighted by Crippen LogP contribution is 2.29. The Bertz CT molecular complexity index is 262. The molecule has 1 heterocycles. The van der Waals surface area contributed by atoms with E-state index in [9.17, 15) is 5.11 Å². The Morgan fingerprint density at radius 2 is 2.00 bits per heavy atom. The van der Waals surface area contributed by atoms with Gasteiger partial charge < -0.3 is 9.52 Å². The Balaban J connectivity index is 2.89. The third kappa shape index (κ3) is 2.10. The smallest absolute Gasteiger partial charge is 0.135 e. The molecule has 2 heteroatoms. The van der Waals surface area contributed by atoms with Gasteiger partial charge in [-0.2, -0.15) is 0 Å². The van der Waals surface area contributed by atoms with Gasteiger partial charge in [-0.05, 0) is 12.1 Å². The molecule has 0 aromatic carbocycles.